The maximum Gasteiger partial charge on any atom is 1.00 e. The third-order valence-corrected chi connectivity index (χ3v) is 16.3. The molecule has 0 aromatic heterocycles. The Hall–Kier alpha value is -7.64. The molecule has 5 fully saturated rings. The molecule has 4 unspecified atom stereocenters. The van der Waals surface area contributed by atoms with E-state index in [9.17, 15) is 94.5 Å². The summed E-state index contributed by atoms with van der Waals surface area (Å²) < 4.78 is 57.3. The minimum absolute atomic E-state index is 0. The molecule has 33 nitrogen and oxygen atoms in total. The number of benzene rings is 2. The Morgan fingerprint density at radius 3 is 1.18 bits per heavy atom. The first-order valence-electron chi connectivity index (χ1n) is 30.4. The van der Waals surface area contributed by atoms with Crippen LogP contribution >= 0.6 is 0 Å². The number of urea groups is 5. The van der Waals surface area contributed by atoms with Crippen LogP contribution < -0.4 is 64.4 Å². The Kier molecular flexibility index (Phi) is 37.6. The molecule has 7 rings (SSSR count). The predicted molar refractivity (Wildman–Crippen MR) is 331 cm³/mol. The van der Waals surface area contributed by atoms with Gasteiger partial charge in [-0.3, -0.25) is 102 Å². The van der Waals surface area contributed by atoms with Crippen molar-refractivity contribution in [2.45, 2.75) is 124 Å². The largest absolute Gasteiger partial charge is 1.00 e. The molecule has 5 aliphatic rings. The second kappa shape index (κ2) is 41.7. The first-order valence-corrected chi connectivity index (χ1v) is 33.0. The normalized spacial score (nSPS) is 19.1. The summed E-state index contributed by atoms with van der Waals surface area (Å²) >= 11 is 0. The summed E-state index contributed by atoms with van der Waals surface area (Å²) in [6.45, 7) is 10.4. The van der Waals surface area contributed by atoms with E-state index in [-0.39, 0.29) is 110 Å². The van der Waals surface area contributed by atoms with Crippen LogP contribution in [0.15, 0.2) is 48.5 Å². The number of amides is 20. The molecular formula is C61H78N10Na2O23S2. The Morgan fingerprint density at radius 1 is 0.480 bits per heavy atom. The van der Waals surface area contributed by atoms with Crippen molar-refractivity contribution in [1.29, 1.82) is 0 Å². The topological polar surface area (TPSA) is 440 Å². The van der Waals surface area contributed by atoms with Crippen LogP contribution in [0.4, 0.5) is 24.0 Å². The van der Waals surface area contributed by atoms with Gasteiger partial charge in [0.25, 0.3) is 5.91 Å². The maximum atomic E-state index is 13.0. The molecule has 5 aliphatic heterocycles. The number of hydrogen-bond acceptors (Lipinski definition) is 23. The van der Waals surface area contributed by atoms with Crippen LogP contribution in [0.25, 0.3) is 0 Å². The molecule has 0 bridgehead atoms. The quantitative estimate of drug-likeness (QED) is 0.0356. The van der Waals surface area contributed by atoms with Crippen LogP contribution in [0.1, 0.15) is 132 Å². The SMILES string of the molecule is CCCCC1C(=O)N(C)C(=O)N(C)C1=O.CCCCC1C(=O)N(C)C(=O)N(Cc2cccc(CN3C(=O)C(CCCC)C(=O)N(C)C3=O)c2)C1=O.O=Cc1ccc(CN2C(=O)NC(=O)C(C=O)C2=O)cc1.O=S(=O)=O.[CH2-]CN1C(=O)C(CCCC)C(=O)N(CCS(=O)(=O)[O-])C1=O.[Na+].[Na+]. The number of barbiturate groups is 5. The zero-order valence-electron chi connectivity index (χ0n) is 56.3. The number of carbonyl (C=O) groups excluding carboxylic acids is 17. The maximum absolute atomic E-state index is 13.0. The molecule has 5 saturated heterocycles. The van der Waals surface area contributed by atoms with E-state index in [0.29, 0.717) is 72.0 Å². The molecule has 37 heteroatoms. The van der Waals surface area contributed by atoms with Gasteiger partial charge in [0, 0.05) is 40.3 Å². The molecule has 5 heterocycles. The minimum Gasteiger partial charge on any atom is -0.748 e. The molecule has 0 saturated carbocycles. The number of nitrogens with one attached hydrogen (secondary N) is 1. The zero-order chi connectivity index (χ0) is 72.6. The van der Waals surface area contributed by atoms with Gasteiger partial charge in [-0.2, -0.15) is 0 Å². The van der Waals surface area contributed by atoms with Gasteiger partial charge in [0.15, 0.2) is 5.92 Å². The summed E-state index contributed by atoms with van der Waals surface area (Å²) in [5.74, 6) is -11.7. The van der Waals surface area contributed by atoms with E-state index in [2.05, 4.69) is 6.92 Å². The molecule has 20 amide bonds. The van der Waals surface area contributed by atoms with Crippen molar-refractivity contribution in [3.63, 3.8) is 0 Å². The first kappa shape index (κ1) is 88.4. The molecule has 0 spiro atoms. The number of aldehydes is 2. The predicted octanol–water partition coefficient (Wildman–Crippen LogP) is -3.16. The van der Waals surface area contributed by atoms with Gasteiger partial charge in [-0.15, -0.1) is 12.6 Å². The fraction of sp³-hybridized carbons (Fsp3) is 0.508. The van der Waals surface area contributed by atoms with E-state index in [1.54, 1.807) is 36.4 Å². The molecule has 0 aliphatic carbocycles. The fourth-order valence-electron chi connectivity index (χ4n) is 10.1. The van der Waals surface area contributed by atoms with Gasteiger partial charge in [-0.1, -0.05) is 134 Å². The Morgan fingerprint density at radius 2 is 0.827 bits per heavy atom. The van der Waals surface area contributed by atoms with Gasteiger partial charge in [0.2, 0.25) is 53.2 Å². The van der Waals surface area contributed by atoms with Gasteiger partial charge in [0.05, 0.1) is 35.5 Å². The van der Waals surface area contributed by atoms with Crippen molar-refractivity contribution in [2.75, 3.05) is 47.0 Å². The van der Waals surface area contributed by atoms with Crippen molar-refractivity contribution in [3.05, 3.63) is 77.7 Å². The molecular weight excluding hydrogens is 1350 g/mol. The third-order valence-electron chi connectivity index (χ3n) is 15.6. The third kappa shape index (κ3) is 23.8. The van der Waals surface area contributed by atoms with Crippen molar-refractivity contribution in [1.82, 2.24) is 49.4 Å². The number of hydrogen-bond donors (Lipinski definition) is 1. The van der Waals surface area contributed by atoms with Gasteiger partial charge in [-0.25, -0.2) is 32.4 Å². The van der Waals surface area contributed by atoms with E-state index in [4.69, 9.17) is 12.6 Å². The second-order valence-corrected chi connectivity index (χ2v) is 24.2. The summed E-state index contributed by atoms with van der Waals surface area (Å²) in [4.78, 5) is 212. The molecule has 1 N–H and O–H groups in total. The van der Waals surface area contributed by atoms with Gasteiger partial charge in [0.1, 0.15) is 36.2 Å². The van der Waals surface area contributed by atoms with Crippen molar-refractivity contribution >= 4 is 123 Å². The smallest absolute Gasteiger partial charge is 0.748 e. The number of nitrogens with zero attached hydrogens (tertiary/aromatic N) is 9. The summed E-state index contributed by atoms with van der Waals surface area (Å²) in [5.41, 5.74) is 2.30. The minimum atomic E-state index is -4.56. The van der Waals surface area contributed by atoms with Gasteiger partial charge in [-0.05, 0) is 42.4 Å². The van der Waals surface area contributed by atoms with E-state index in [0.717, 1.165) is 71.3 Å². The number of unbranched alkanes of at least 4 members (excludes halogenated alkanes) is 4. The molecule has 98 heavy (non-hydrogen) atoms. The van der Waals surface area contributed by atoms with Gasteiger partial charge < -0.3 is 16.3 Å². The van der Waals surface area contributed by atoms with Crippen LogP contribution in [0.2, 0.25) is 0 Å². The molecule has 4 atom stereocenters. The zero-order valence-corrected chi connectivity index (χ0v) is 62.0. The summed E-state index contributed by atoms with van der Waals surface area (Å²) in [5, 5.41) is 1.94. The molecule has 2 aromatic carbocycles. The number of imide groups is 10. The number of rotatable bonds is 24. The van der Waals surface area contributed by atoms with E-state index < -0.39 is 140 Å². The summed E-state index contributed by atoms with van der Waals surface area (Å²) in [7, 11) is -2.10. The fourth-order valence-corrected chi connectivity index (χ4v) is 10.5. The van der Waals surface area contributed by atoms with Gasteiger partial charge >= 0.3 is 99.9 Å². The van der Waals surface area contributed by atoms with Crippen LogP contribution in [0.5, 0.6) is 0 Å². The summed E-state index contributed by atoms with van der Waals surface area (Å²) in [6, 6.07) is 9.47. The van der Waals surface area contributed by atoms with Crippen LogP contribution in [0.3, 0.4) is 0 Å². The van der Waals surface area contributed by atoms with Crippen LogP contribution in [-0.2, 0) is 93.1 Å². The van der Waals surface area contributed by atoms with Crippen molar-refractivity contribution in [3.8, 4) is 0 Å². The Balaban J connectivity index is 0.000000670. The summed E-state index contributed by atoms with van der Waals surface area (Å²) in [6.07, 6.45) is 8.61. The van der Waals surface area contributed by atoms with Crippen LogP contribution in [0, 0.1) is 36.5 Å². The number of carbonyl (C=O) groups is 17. The van der Waals surface area contributed by atoms with E-state index in [1.165, 1.54) is 40.3 Å². The average molecular weight is 1430 g/mol. The molecule has 524 valence electrons. The average Bonchev–Trinajstić information content (AvgIpc) is 0.760. The molecule has 2 aromatic rings. The van der Waals surface area contributed by atoms with Crippen molar-refractivity contribution in [2.24, 2.45) is 29.6 Å². The van der Waals surface area contributed by atoms with E-state index in [1.807, 2.05) is 33.0 Å². The molecule has 0 radical (unpaired) electrons. The Bertz CT molecular complexity index is 3470. The second-order valence-electron chi connectivity index (χ2n) is 22.3. The standard InChI is InChI=1S/C26H34N4O6.C13H10N2O5.C12H19N2O6S.C10H16N2O3.2Na.O3S/c1-5-7-12-19-21(31)27(3)25(35)29(23(19)33)15-17-10-9-11-18(14-17)16-30-24(34)20(13-8-6-2)22(32)28(4)26(30)36;16-6-9-3-1-8(2-4-9)5-15-12(19)10(7-17)11(18)14-13(15)20;1-3-5-6-9-10(15)13(4-2)12(17)14(11(9)16)7-8-21(18,19)20;1-4-5-6-7-8(13)11(2)10(15)12(3)9(7)14;;;1-4(2)3/h9-11,14,19-20H,5-8,12-13,15-16H2,1-4H3;1-4,6-7,10H,5H2,(H,14,18,20);9H,2-8H2,1H3,(H,18,19,20);7H,4-6H2,1-3H3;;;/q;;-1;;2*+1;/p-1. The van der Waals surface area contributed by atoms with E-state index >= 15 is 0 Å². The first-order chi connectivity index (χ1) is 45.1. The monoisotopic (exact) mass is 1430 g/mol. The van der Waals surface area contributed by atoms with Crippen LogP contribution in [-0.4, -0.2) is 219 Å². The Labute approximate surface area is 612 Å². The van der Waals surface area contributed by atoms with Crippen molar-refractivity contribution < 1.29 is 166 Å².